The number of thiazole rings is 1. The van der Waals surface area contributed by atoms with E-state index >= 15 is 0 Å². The second kappa shape index (κ2) is 4.42. The molecule has 78 valence electrons. The molecule has 0 saturated heterocycles. The highest BCUT2D eigenvalue weighted by molar-refractivity contribution is 7.15. The molecule has 0 atom stereocenters. The fourth-order valence-electron chi connectivity index (χ4n) is 1.40. The minimum absolute atomic E-state index is 0.750. The summed E-state index contributed by atoms with van der Waals surface area (Å²) in [7, 11) is 0. The fraction of sp³-hybridized carbons (Fsp3) is 0.182. The number of nitrogens with two attached hydrogens (primary N) is 1. The first kappa shape index (κ1) is 10.1. The van der Waals surface area contributed by atoms with Crippen molar-refractivity contribution in [3.8, 4) is 0 Å². The molecule has 0 unspecified atom stereocenters. The van der Waals surface area contributed by atoms with Gasteiger partial charge in [0.15, 0.2) is 4.96 Å². The summed E-state index contributed by atoms with van der Waals surface area (Å²) in [6.45, 7) is 2.65. The van der Waals surface area contributed by atoms with Crippen LogP contribution in [0.5, 0.6) is 0 Å². The molecule has 2 aromatic heterocycles. The third-order valence-corrected chi connectivity index (χ3v) is 2.70. The van der Waals surface area contributed by atoms with Crippen LogP contribution in [0.2, 0.25) is 0 Å². The lowest BCUT2D eigenvalue weighted by molar-refractivity contribution is 1.14. The molecule has 0 aliphatic carbocycles. The van der Waals surface area contributed by atoms with Gasteiger partial charge in [-0.05, 0) is 18.7 Å². The molecule has 1 aromatic carbocycles. The molecule has 0 aliphatic rings. The summed E-state index contributed by atoms with van der Waals surface area (Å²) in [5.41, 5.74) is 7.11. The Bertz CT molecular complexity index is 552. The molecule has 2 heterocycles. The predicted molar refractivity (Wildman–Crippen MR) is 65.3 cm³/mol. The first-order valence-electron chi connectivity index (χ1n) is 4.87. The Morgan fingerprint density at radius 2 is 2.13 bits per heavy atom. The number of rotatable bonds is 0. The van der Waals surface area contributed by atoms with Crippen LogP contribution in [0.4, 0.5) is 0 Å². The van der Waals surface area contributed by atoms with Crippen LogP contribution in [0.25, 0.3) is 16.0 Å². The summed E-state index contributed by atoms with van der Waals surface area (Å²) in [5, 5.41) is 2.05. The van der Waals surface area contributed by atoms with Gasteiger partial charge >= 0.3 is 0 Å². The van der Waals surface area contributed by atoms with Gasteiger partial charge in [0.05, 0.1) is 11.0 Å². The highest BCUT2D eigenvalue weighted by Gasteiger charge is 2.02. The van der Waals surface area contributed by atoms with Crippen molar-refractivity contribution in [2.24, 2.45) is 5.73 Å². The standard InChI is InChI=1S/C9H6N2S.C2H7N/c1-2-4-8-7(3-1)10-9-11(8)5-6-12-9;1-2-3/h1-6H;2-3H2,1H3. The largest absolute Gasteiger partial charge is 0.331 e. The van der Waals surface area contributed by atoms with Crippen LogP contribution in [0, 0.1) is 0 Å². The molecule has 0 fully saturated rings. The Morgan fingerprint density at radius 3 is 2.93 bits per heavy atom. The van der Waals surface area contributed by atoms with Gasteiger partial charge in [-0.2, -0.15) is 0 Å². The second-order valence-electron chi connectivity index (χ2n) is 3.06. The maximum absolute atomic E-state index is 4.85. The van der Waals surface area contributed by atoms with E-state index in [1.165, 1.54) is 5.52 Å². The number of benzene rings is 1. The van der Waals surface area contributed by atoms with Crippen LogP contribution >= 0.6 is 11.3 Å². The number of nitrogens with zero attached hydrogens (tertiary/aromatic N) is 2. The Kier molecular flexibility index (Phi) is 2.99. The number of imidazole rings is 1. The van der Waals surface area contributed by atoms with E-state index in [1.54, 1.807) is 11.3 Å². The van der Waals surface area contributed by atoms with Gasteiger partial charge in [-0.25, -0.2) is 4.98 Å². The molecule has 0 amide bonds. The summed E-state index contributed by atoms with van der Waals surface area (Å²) in [4.78, 5) is 5.52. The lowest BCUT2D eigenvalue weighted by Crippen LogP contribution is -1.87. The molecular weight excluding hydrogens is 206 g/mol. The first-order chi connectivity index (χ1) is 7.36. The smallest absolute Gasteiger partial charge is 0.194 e. The molecular formula is C11H13N3S. The summed E-state index contributed by atoms with van der Waals surface area (Å²) >= 11 is 1.66. The van der Waals surface area contributed by atoms with Crippen LogP contribution in [-0.2, 0) is 0 Å². The van der Waals surface area contributed by atoms with Crippen LogP contribution < -0.4 is 5.73 Å². The quantitative estimate of drug-likeness (QED) is 0.631. The summed E-state index contributed by atoms with van der Waals surface area (Å²) in [6.07, 6.45) is 2.05. The van der Waals surface area contributed by atoms with E-state index < -0.39 is 0 Å². The molecule has 15 heavy (non-hydrogen) atoms. The van der Waals surface area contributed by atoms with Gasteiger partial charge in [-0.1, -0.05) is 19.1 Å². The fourth-order valence-corrected chi connectivity index (χ4v) is 2.13. The lowest BCUT2D eigenvalue weighted by atomic mass is 10.3. The number of hydrogen-bond acceptors (Lipinski definition) is 3. The summed E-state index contributed by atoms with van der Waals surface area (Å²) in [5.74, 6) is 0. The SMILES string of the molecule is CCN.c1ccc2c(c1)nc1sccn12. The average molecular weight is 219 g/mol. The van der Waals surface area contributed by atoms with Crippen molar-refractivity contribution >= 4 is 27.3 Å². The molecule has 0 aliphatic heterocycles. The average Bonchev–Trinajstić information content (AvgIpc) is 2.78. The zero-order chi connectivity index (χ0) is 10.7. The van der Waals surface area contributed by atoms with Crippen molar-refractivity contribution < 1.29 is 0 Å². The van der Waals surface area contributed by atoms with Crippen molar-refractivity contribution in [2.45, 2.75) is 6.92 Å². The van der Waals surface area contributed by atoms with Crippen molar-refractivity contribution in [2.75, 3.05) is 6.54 Å². The number of hydrogen-bond donors (Lipinski definition) is 1. The normalized spacial score (nSPS) is 10.3. The van der Waals surface area contributed by atoms with Gasteiger partial charge in [-0.15, -0.1) is 11.3 Å². The van der Waals surface area contributed by atoms with Gasteiger partial charge in [0.25, 0.3) is 0 Å². The van der Waals surface area contributed by atoms with Gasteiger partial charge in [0, 0.05) is 11.6 Å². The van der Waals surface area contributed by atoms with Crippen molar-refractivity contribution in [1.82, 2.24) is 9.38 Å². The van der Waals surface area contributed by atoms with E-state index in [0.29, 0.717) is 0 Å². The molecule has 0 bridgehead atoms. The van der Waals surface area contributed by atoms with Gasteiger partial charge in [-0.3, -0.25) is 4.40 Å². The first-order valence-corrected chi connectivity index (χ1v) is 5.75. The monoisotopic (exact) mass is 219 g/mol. The maximum Gasteiger partial charge on any atom is 0.194 e. The summed E-state index contributed by atoms with van der Waals surface area (Å²) in [6, 6.07) is 8.17. The van der Waals surface area contributed by atoms with E-state index in [4.69, 9.17) is 5.73 Å². The minimum Gasteiger partial charge on any atom is -0.331 e. The molecule has 0 radical (unpaired) electrons. The van der Waals surface area contributed by atoms with E-state index in [-0.39, 0.29) is 0 Å². The predicted octanol–water partition coefficient (Wildman–Crippen LogP) is 2.51. The molecule has 3 nitrogen and oxygen atoms in total. The number of aromatic nitrogens is 2. The molecule has 4 heteroatoms. The topological polar surface area (TPSA) is 43.3 Å². The Labute approximate surface area is 92.2 Å². The third-order valence-electron chi connectivity index (χ3n) is 1.95. The maximum atomic E-state index is 4.85. The van der Waals surface area contributed by atoms with E-state index in [0.717, 1.165) is 17.0 Å². The highest BCUT2D eigenvalue weighted by atomic mass is 32.1. The van der Waals surface area contributed by atoms with Crippen LogP contribution in [0.15, 0.2) is 35.8 Å². The van der Waals surface area contributed by atoms with Gasteiger partial charge < -0.3 is 5.73 Å². The molecule has 2 N–H and O–H groups in total. The second-order valence-corrected chi connectivity index (χ2v) is 3.94. The molecule has 0 spiro atoms. The molecule has 3 rings (SSSR count). The molecule has 3 aromatic rings. The Balaban J connectivity index is 0.000000258. The highest BCUT2D eigenvalue weighted by Crippen LogP contribution is 2.19. The number of para-hydroxylation sites is 2. The minimum atomic E-state index is 0.750. The van der Waals surface area contributed by atoms with Gasteiger partial charge in [0.2, 0.25) is 0 Å². The number of fused-ring (bicyclic) bond motifs is 3. The van der Waals surface area contributed by atoms with E-state index in [9.17, 15) is 0 Å². The van der Waals surface area contributed by atoms with Crippen molar-refractivity contribution in [3.05, 3.63) is 35.8 Å². The van der Waals surface area contributed by atoms with E-state index in [1.807, 2.05) is 25.1 Å². The molecule has 0 saturated carbocycles. The zero-order valence-electron chi connectivity index (χ0n) is 8.55. The van der Waals surface area contributed by atoms with Crippen LogP contribution in [0.3, 0.4) is 0 Å². The zero-order valence-corrected chi connectivity index (χ0v) is 9.37. The van der Waals surface area contributed by atoms with Gasteiger partial charge in [0.1, 0.15) is 0 Å². The Hall–Kier alpha value is -1.39. The van der Waals surface area contributed by atoms with Crippen LogP contribution in [-0.4, -0.2) is 15.9 Å². The van der Waals surface area contributed by atoms with Crippen LogP contribution in [0.1, 0.15) is 6.92 Å². The van der Waals surface area contributed by atoms with E-state index in [2.05, 4.69) is 27.0 Å². The summed E-state index contributed by atoms with van der Waals surface area (Å²) < 4.78 is 2.11. The van der Waals surface area contributed by atoms with Crippen molar-refractivity contribution in [3.63, 3.8) is 0 Å². The lowest BCUT2D eigenvalue weighted by Gasteiger charge is -1.86. The Morgan fingerprint density at radius 1 is 1.40 bits per heavy atom. The third kappa shape index (κ3) is 1.86. The van der Waals surface area contributed by atoms with Crippen molar-refractivity contribution in [1.29, 1.82) is 0 Å².